The third-order valence-corrected chi connectivity index (χ3v) is 5.55. The van der Waals surface area contributed by atoms with E-state index < -0.39 is 0 Å². The van der Waals surface area contributed by atoms with Crippen LogP contribution in [0.2, 0.25) is 0 Å². The Morgan fingerprint density at radius 2 is 1.84 bits per heavy atom. The SMILES string of the molecule is C[C@@H]1CN(c2ccc(Nc3ccc(-c4cc[nH]c(=O)c4)n4ccnc34)cc2)C[C@H](C)O1. The van der Waals surface area contributed by atoms with Gasteiger partial charge in [0.1, 0.15) is 0 Å². The number of ether oxygens (including phenoxy) is 1. The zero-order valence-electron chi connectivity index (χ0n) is 17.6. The number of rotatable bonds is 4. The van der Waals surface area contributed by atoms with Crippen molar-refractivity contribution in [3.8, 4) is 11.3 Å². The molecule has 31 heavy (non-hydrogen) atoms. The van der Waals surface area contributed by atoms with E-state index in [1.54, 1.807) is 18.5 Å². The van der Waals surface area contributed by atoms with Gasteiger partial charge in [-0.15, -0.1) is 0 Å². The molecule has 158 valence electrons. The highest BCUT2D eigenvalue weighted by molar-refractivity contribution is 5.78. The van der Waals surface area contributed by atoms with Gasteiger partial charge in [-0.3, -0.25) is 9.20 Å². The van der Waals surface area contributed by atoms with E-state index in [1.165, 1.54) is 5.69 Å². The van der Waals surface area contributed by atoms with Crippen LogP contribution >= 0.6 is 0 Å². The number of pyridine rings is 2. The molecule has 0 amide bonds. The molecule has 0 radical (unpaired) electrons. The molecule has 3 aromatic heterocycles. The van der Waals surface area contributed by atoms with E-state index in [2.05, 4.69) is 58.3 Å². The topological polar surface area (TPSA) is 74.7 Å². The molecule has 0 saturated carbocycles. The van der Waals surface area contributed by atoms with Crippen molar-refractivity contribution in [2.75, 3.05) is 23.3 Å². The molecule has 4 aromatic rings. The molecule has 0 unspecified atom stereocenters. The molecular weight excluding hydrogens is 390 g/mol. The summed E-state index contributed by atoms with van der Waals surface area (Å²) in [4.78, 5) is 21.3. The first kappa shape index (κ1) is 19.4. The Kier molecular flexibility index (Phi) is 4.95. The van der Waals surface area contributed by atoms with Gasteiger partial charge in [-0.1, -0.05) is 0 Å². The van der Waals surface area contributed by atoms with Crippen molar-refractivity contribution < 1.29 is 4.74 Å². The van der Waals surface area contributed by atoms with E-state index in [0.29, 0.717) is 0 Å². The average molecular weight is 415 g/mol. The maximum atomic E-state index is 11.7. The normalized spacial score (nSPS) is 19.0. The summed E-state index contributed by atoms with van der Waals surface area (Å²) in [5, 5.41) is 3.48. The fourth-order valence-corrected chi connectivity index (χ4v) is 4.25. The molecule has 1 fully saturated rings. The van der Waals surface area contributed by atoms with Crippen LogP contribution in [0.3, 0.4) is 0 Å². The van der Waals surface area contributed by atoms with Gasteiger partial charge >= 0.3 is 0 Å². The number of hydrogen-bond acceptors (Lipinski definition) is 5. The Labute approximate surface area is 180 Å². The quantitative estimate of drug-likeness (QED) is 0.526. The summed E-state index contributed by atoms with van der Waals surface area (Å²) in [5.74, 6) is 0. The molecule has 1 saturated heterocycles. The Balaban J connectivity index is 1.40. The van der Waals surface area contributed by atoms with E-state index in [-0.39, 0.29) is 17.8 Å². The standard InChI is InChI=1S/C24H25N5O2/c1-16-14-28(15-17(2)31-16)20-5-3-19(4-6-20)27-21-7-8-22(29-12-11-26-24(21)29)18-9-10-25-23(30)13-18/h3-13,16-17,27H,14-15H2,1-2H3,(H,25,30)/t16-,17+. The molecule has 7 heteroatoms. The highest BCUT2D eigenvalue weighted by Crippen LogP contribution is 2.28. The highest BCUT2D eigenvalue weighted by Gasteiger charge is 2.22. The monoisotopic (exact) mass is 415 g/mol. The second-order valence-corrected chi connectivity index (χ2v) is 8.03. The zero-order valence-corrected chi connectivity index (χ0v) is 17.6. The zero-order chi connectivity index (χ0) is 21.4. The summed E-state index contributed by atoms with van der Waals surface area (Å²) in [6.45, 7) is 6.03. The summed E-state index contributed by atoms with van der Waals surface area (Å²) in [7, 11) is 0. The average Bonchev–Trinajstić information content (AvgIpc) is 3.24. The van der Waals surface area contributed by atoms with Crippen LogP contribution in [0.4, 0.5) is 17.1 Å². The van der Waals surface area contributed by atoms with E-state index in [0.717, 1.165) is 41.4 Å². The smallest absolute Gasteiger partial charge is 0.248 e. The molecule has 4 heterocycles. The fourth-order valence-electron chi connectivity index (χ4n) is 4.25. The van der Waals surface area contributed by atoms with Crippen LogP contribution in [-0.4, -0.2) is 39.7 Å². The number of imidazole rings is 1. The van der Waals surface area contributed by atoms with Crippen molar-refractivity contribution in [1.82, 2.24) is 14.4 Å². The summed E-state index contributed by atoms with van der Waals surface area (Å²) in [6.07, 6.45) is 5.79. The summed E-state index contributed by atoms with van der Waals surface area (Å²) < 4.78 is 7.83. The van der Waals surface area contributed by atoms with Crippen LogP contribution in [0.25, 0.3) is 16.9 Å². The molecular formula is C24H25N5O2. The van der Waals surface area contributed by atoms with Gasteiger partial charge in [0.25, 0.3) is 0 Å². The summed E-state index contributed by atoms with van der Waals surface area (Å²) in [5.41, 5.74) is 5.52. The van der Waals surface area contributed by atoms with E-state index in [9.17, 15) is 4.79 Å². The number of anilines is 3. The number of aromatic nitrogens is 3. The van der Waals surface area contributed by atoms with Crippen molar-refractivity contribution in [3.63, 3.8) is 0 Å². The van der Waals surface area contributed by atoms with E-state index in [4.69, 9.17) is 4.74 Å². The lowest BCUT2D eigenvalue weighted by molar-refractivity contribution is -0.00521. The Hall–Kier alpha value is -3.58. The maximum Gasteiger partial charge on any atom is 0.248 e. The van der Waals surface area contributed by atoms with Gasteiger partial charge in [0.15, 0.2) is 5.65 Å². The number of morpholine rings is 1. The maximum absolute atomic E-state index is 11.7. The Morgan fingerprint density at radius 1 is 1.06 bits per heavy atom. The molecule has 5 rings (SSSR count). The van der Waals surface area contributed by atoms with Crippen LogP contribution in [0.15, 0.2) is 71.9 Å². The minimum atomic E-state index is -0.128. The lowest BCUT2D eigenvalue weighted by atomic mass is 10.1. The Morgan fingerprint density at radius 3 is 2.58 bits per heavy atom. The fraction of sp³-hybridized carbons (Fsp3) is 0.250. The number of nitrogens with zero attached hydrogens (tertiary/aromatic N) is 3. The van der Waals surface area contributed by atoms with Gasteiger partial charge in [0, 0.05) is 54.7 Å². The summed E-state index contributed by atoms with van der Waals surface area (Å²) in [6, 6.07) is 15.9. The van der Waals surface area contributed by atoms with Gasteiger partial charge < -0.3 is 19.9 Å². The number of benzene rings is 1. The molecule has 0 aliphatic carbocycles. The minimum absolute atomic E-state index is 0.128. The lowest BCUT2D eigenvalue weighted by Crippen LogP contribution is -2.45. The van der Waals surface area contributed by atoms with Crippen molar-refractivity contribution in [2.24, 2.45) is 0 Å². The van der Waals surface area contributed by atoms with Crippen molar-refractivity contribution in [2.45, 2.75) is 26.1 Å². The Bertz CT molecular complexity index is 1250. The van der Waals surface area contributed by atoms with Crippen LogP contribution in [0, 0.1) is 0 Å². The third kappa shape index (κ3) is 3.92. The number of fused-ring (bicyclic) bond motifs is 1. The minimum Gasteiger partial charge on any atom is -0.372 e. The second-order valence-electron chi connectivity index (χ2n) is 8.03. The molecule has 2 N–H and O–H groups in total. The van der Waals surface area contributed by atoms with Crippen molar-refractivity contribution in [3.05, 3.63) is 77.5 Å². The highest BCUT2D eigenvalue weighted by atomic mass is 16.5. The van der Waals surface area contributed by atoms with Crippen molar-refractivity contribution >= 4 is 22.7 Å². The predicted molar refractivity (Wildman–Crippen MR) is 123 cm³/mol. The number of hydrogen-bond donors (Lipinski definition) is 2. The first-order valence-corrected chi connectivity index (χ1v) is 10.5. The van der Waals surface area contributed by atoms with Gasteiger partial charge in [0.05, 0.1) is 23.6 Å². The molecule has 0 spiro atoms. The van der Waals surface area contributed by atoms with E-state index >= 15 is 0 Å². The molecule has 0 bridgehead atoms. The van der Waals surface area contributed by atoms with E-state index in [1.807, 2.05) is 28.8 Å². The van der Waals surface area contributed by atoms with Crippen LogP contribution in [-0.2, 0) is 4.74 Å². The number of aromatic amines is 1. The van der Waals surface area contributed by atoms with Crippen LogP contribution in [0.1, 0.15) is 13.8 Å². The molecule has 1 aromatic carbocycles. The number of nitrogens with one attached hydrogen (secondary N) is 2. The van der Waals surface area contributed by atoms with Gasteiger partial charge in [-0.05, 0) is 56.3 Å². The van der Waals surface area contributed by atoms with Crippen molar-refractivity contribution in [1.29, 1.82) is 0 Å². The van der Waals surface area contributed by atoms with Gasteiger partial charge in [-0.25, -0.2) is 4.98 Å². The summed E-state index contributed by atoms with van der Waals surface area (Å²) >= 11 is 0. The van der Waals surface area contributed by atoms with Crippen LogP contribution < -0.4 is 15.8 Å². The van der Waals surface area contributed by atoms with Gasteiger partial charge in [-0.2, -0.15) is 0 Å². The van der Waals surface area contributed by atoms with Gasteiger partial charge in [0.2, 0.25) is 5.56 Å². The van der Waals surface area contributed by atoms with Crippen LogP contribution in [0.5, 0.6) is 0 Å². The first-order chi connectivity index (χ1) is 15.1. The predicted octanol–water partition coefficient (Wildman–Crippen LogP) is 4.05. The first-order valence-electron chi connectivity index (χ1n) is 10.5. The number of H-pyrrole nitrogens is 1. The molecule has 1 aliphatic rings. The lowest BCUT2D eigenvalue weighted by Gasteiger charge is -2.36. The third-order valence-electron chi connectivity index (χ3n) is 5.55. The molecule has 7 nitrogen and oxygen atoms in total. The molecule has 1 aliphatic heterocycles. The largest absolute Gasteiger partial charge is 0.372 e. The molecule has 2 atom stereocenters. The second kappa shape index (κ2) is 7.92.